The number of anilines is 1. The smallest absolute Gasteiger partial charge is 0.231 e. The van der Waals surface area contributed by atoms with Crippen molar-refractivity contribution >= 4 is 37.5 Å². The lowest BCUT2D eigenvalue weighted by Gasteiger charge is -2.11. The fraction of sp³-hybridized carbons (Fsp3) is 0.200. The highest BCUT2D eigenvalue weighted by Crippen LogP contribution is 2.37. The van der Waals surface area contributed by atoms with Crippen LogP contribution in [-0.2, 0) is 6.54 Å². The molecule has 0 spiro atoms. The third-order valence-electron chi connectivity index (χ3n) is 3.13. The Morgan fingerprint density at radius 1 is 1.10 bits per heavy atom. The molecule has 0 bridgehead atoms. The molecule has 21 heavy (non-hydrogen) atoms. The summed E-state index contributed by atoms with van der Waals surface area (Å²) in [6.45, 7) is 0.943. The summed E-state index contributed by atoms with van der Waals surface area (Å²) in [6, 6.07) is 9.78. The van der Waals surface area contributed by atoms with Gasteiger partial charge in [0.15, 0.2) is 11.5 Å². The second-order valence-electron chi connectivity index (χ2n) is 4.53. The average Bonchev–Trinajstić information content (AvgIpc) is 2.91. The first-order valence-corrected chi connectivity index (χ1v) is 7.91. The van der Waals surface area contributed by atoms with E-state index in [1.807, 2.05) is 30.3 Å². The SMILES string of the molecule is COc1cc(Br)cc(NCc2cc3c(cc2Br)OCO3)c1. The second kappa shape index (κ2) is 6.15. The van der Waals surface area contributed by atoms with Crippen molar-refractivity contribution in [2.24, 2.45) is 0 Å². The van der Waals surface area contributed by atoms with Gasteiger partial charge in [-0.3, -0.25) is 0 Å². The van der Waals surface area contributed by atoms with E-state index in [4.69, 9.17) is 14.2 Å². The molecule has 110 valence electrons. The normalized spacial score (nSPS) is 12.3. The van der Waals surface area contributed by atoms with E-state index in [0.29, 0.717) is 6.54 Å². The van der Waals surface area contributed by atoms with Gasteiger partial charge in [0.25, 0.3) is 0 Å². The number of nitrogens with one attached hydrogen (secondary N) is 1. The van der Waals surface area contributed by atoms with E-state index in [0.717, 1.165) is 37.4 Å². The van der Waals surface area contributed by atoms with Crippen molar-refractivity contribution < 1.29 is 14.2 Å². The van der Waals surface area contributed by atoms with Crippen LogP contribution in [0.5, 0.6) is 17.2 Å². The van der Waals surface area contributed by atoms with Gasteiger partial charge in [0.05, 0.1) is 7.11 Å². The van der Waals surface area contributed by atoms with Crippen molar-refractivity contribution in [1.29, 1.82) is 0 Å². The van der Waals surface area contributed by atoms with Gasteiger partial charge in [0.1, 0.15) is 5.75 Å². The number of benzene rings is 2. The summed E-state index contributed by atoms with van der Waals surface area (Å²) >= 11 is 7.03. The molecule has 1 aliphatic rings. The van der Waals surface area contributed by atoms with Crippen LogP contribution in [0.2, 0.25) is 0 Å². The molecule has 2 aromatic carbocycles. The van der Waals surface area contributed by atoms with Crippen LogP contribution in [0.4, 0.5) is 5.69 Å². The fourth-order valence-corrected chi connectivity index (χ4v) is 3.01. The quantitative estimate of drug-likeness (QED) is 0.795. The maximum absolute atomic E-state index is 5.40. The molecule has 4 nitrogen and oxygen atoms in total. The number of fused-ring (bicyclic) bond motifs is 1. The molecule has 1 aliphatic heterocycles. The molecule has 0 saturated carbocycles. The summed E-state index contributed by atoms with van der Waals surface area (Å²) in [4.78, 5) is 0. The van der Waals surface area contributed by atoms with Gasteiger partial charge in [0.2, 0.25) is 6.79 Å². The van der Waals surface area contributed by atoms with Gasteiger partial charge in [0, 0.05) is 27.2 Å². The molecule has 0 aromatic heterocycles. The van der Waals surface area contributed by atoms with E-state index in [1.165, 1.54) is 0 Å². The Labute approximate surface area is 139 Å². The lowest BCUT2D eigenvalue weighted by atomic mass is 10.2. The molecule has 0 aliphatic carbocycles. The minimum Gasteiger partial charge on any atom is -0.497 e. The van der Waals surface area contributed by atoms with E-state index < -0.39 is 0 Å². The zero-order chi connectivity index (χ0) is 14.8. The first kappa shape index (κ1) is 14.5. The Bertz CT molecular complexity index is 676. The summed E-state index contributed by atoms with van der Waals surface area (Å²) in [7, 11) is 1.65. The Morgan fingerprint density at radius 2 is 1.86 bits per heavy atom. The number of hydrogen-bond donors (Lipinski definition) is 1. The van der Waals surface area contributed by atoms with Gasteiger partial charge in [-0.1, -0.05) is 31.9 Å². The predicted molar refractivity (Wildman–Crippen MR) is 88.3 cm³/mol. The van der Waals surface area contributed by atoms with Crippen LogP contribution in [0, 0.1) is 0 Å². The van der Waals surface area contributed by atoms with Crippen LogP contribution in [0.1, 0.15) is 5.56 Å². The molecular weight excluding hydrogens is 402 g/mol. The lowest BCUT2D eigenvalue weighted by molar-refractivity contribution is 0.174. The van der Waals surface area contributed by atoms with E-state index >= 15 is 0 Å². The summed E-state index contributed by atoms with van der Waals surface area (Å²) in [5.41, 5.74) is 2.07. The number of hydrogen-bond acceptors (Lipinski definition) is 4. The Morgan fingerprint density at radius 3 is 2.62 bits per heavy atom. The molecule has 1 heterocycles. The molecule has 0 saturated heterocycles. The monoisotopic (exact) mass is 413 g/mol. The molecular formula is C15H13Br2NO3. The van der Waals surface area contributed by atoms with Crippen LogP contribution in [-0.4, -0.2) is 13.9 Å². The van der Waals surface area contributed by atoms with Crippen molar-refractivity contribution in [2.45, 2.75) is 6.54 Å². The largest absolute Gasteiger partial charge is 0.497 e. The van der Waals surface area contributed by atoms with Gasteiger partial charge in [-0.25, -0.2) is 0 Å². The lowest BCUT2D eigenvalue weighted by Crippen LogP contribution is -2.01. The topological polar surface area (TPSA) is 39.7 Å². The summed E-state index contributed by atoms with van der Waals surface area (Å²) in [5.74, 6) is 2.35. The van der Waals surface area contributed by atoms with Crippen molar-refractivity contribution in [2.75, 3.05) is 19.2 Å². The highest BCUT2D eigenvalue weighted by molar-refractivity contribution is 9.10. The van der Waals surface area contributed by atoms with Crippen LogP contribution in [0.25, 0.3) is 0 Å². The van der Waals surface area contributed by atoms with Gasteiger partial charge in [-0.05, 0) is 29.8 Å². The first-order chi connectivity index (χ1) is 10.2. The molecule has 1 N–H and O–H groups in total. The standard InChI is InChI=1S/C15H13Br2NO3/c1-19-12-4-10(16)3-11(5-12)18-7-9-2-14-15(6-13(9)17)21-8-20-14/h2-6,18H,7-8H2,1H3. The minimum atomic E-state index is 0.279. The zero-order valence-electron chi connectivity index (χ0n) is 11.3. The van der Waals surface area contributed by atoms with Crippen molar-refractivity contribution in [1.82, 2.24) is 0 Å². The van der Waals surface area contributed by atoms with Crippen LogP contribution in [0.15, 0.2) is 39.3 Å². The van der Waals surface area contributed by atoms with Gasteiger partial charge in [-0.15, -0.1) is 0 Å². The maximum Gasteiger partial charge on any atom is 0.231 e. The summed E-state index contributed by atoms with van der Waals surface area (Å²) < 4.78 is 18.0. The second-order valence-corrected chi connectivity index (χ2v) is 6.30. The summed E-state index contributed by atoms with van der Waals surface area (Å²) in [5, 5.41) is 3.37. The number of rotatable bonds is 4. The Hall–Kier alpha value is -1.40. The number of methoxy groups -OCH3 is 1. The number of halogens is 2. The van der Waals surface area contributed by atoms with Gasteiger partial charge >= 0.3 is 0 Å². The van der Waals surface area contributed by atoms with Crippen LogP contribution in [0.3, 0.4) is 0 Å². The van der Waals surface area contributed by atoms with Crippen molar-refractivity contribution in [3.05, 3.63) is 44.8 Å². The highest BCUT2D eigenvalue weighted by atomic mass is 79.9. The highest BCUT2D eigenvalue weighted by Gasteiger charge is 2.16. The minimum absolute atomic E-state index is 0.279. The molecule has 0 radical (unpaired) electrons. The molecule has 0 fully saturated rings. The zero-order valence-corrected chi connectivity index (χ0v) is 14.5. The van der Waals surface area contributed by atoms with Crippen LogP contribution >= 0.6 is 31.9 Å². The molecule has 0 amide bonds. The van der Waals surface area contributed by atoms with E-state index in [2.05, 4.69) is 37.2 Å². The van der Waals surface area contributed by atoms with E-state index in [9.17, 15) is 0 Å². The molecule has 0 atom stereocenters. The van der Waals surface area contributed by atoms with Gasteiger partial charge < -0.3 is 19.5 Å². The van der Waals surface area contributed by atoms with E-state index in [-0.39, 0.29) is 6.79 Å². The van der Waals surface area contributed by atoms with Gasteiger partial charge in [-0.2, -0.15) is 0 Å². The number of ether oxygens (including phenoxy) is 3. The average molecular weight is 415 g/mol. The third kappa shape index (κ3) is 3.27. The Balaban J connectivity index is 1.77. The molecule has 0 unspecified atom stereocenters. The Kier molecular flexibility index (Phi) is 4.26. The van der Waals surface area contributed by atoms with Crippen molar-refractivity contribution in [3.63, 3.8) is 0 Å². The predicted octanol–water partition coefficient (Wildman–Crippen LogP) is 4.56. The van der Waals surface area contributed by atoms with E-state index in [1.54, 1.807) is 7.11 Å². The first-order valence-electron chi connectivity index (χ1n) is 6.32. The fourth-order valence-electron chi connectivity index (χ4n) is 2.07. The molecule has 2 aromatic rings. The van der Waals surface area contributed by atoms with Crippen molar-refractivity contribution in [3.8, 4) is 17.2 Å². The molecule has 3 rings (SSSR count). The van der Waals surface area contributed by atoms with Crippen LogP contribution < -0.4 is 19.5 Å². The third-order valence-corrected chi connectivity index (χ3v) is 4.33. The summed E-state index contributed by atoms with van der Waals surface area (Å²) in [6.07, 6.45) is 0. The maximum atomic E-state index is 5.40. The molecule has 6 heteroatoms.